The van der Waals surface area contributed by atoms with Gasteiger partial charge in [-0.25, -0.2) is 4.98 Å². The highest BCUT2D eigenvalue weighted by Crippen LogP contribution is 2.23. The van der Waals surface area contributed by atoms with Gasteiger partial charge < -0.3 is 14.8 Å². The third-order valence-corrected chi connectivity index (χ3v) is 5.74. The van der Waals surface area contributed by atoms with Crippen molar-refractivity contribution in [2.75, 3.05) is 36.4 Å². The summed E-state index contributed by atoms with van der Waals surface area (Å²) in [4.78, 5) is 21.6. The lowest BCUT2D eigenvalue weighted by atomic mass is 10.2. The molecular formula is C24H31N5O. The van der Waals surface area contributed by atoms with Crippen LogP contribution in [0, 0.1) is 0 Å². The molecule has 0 saturated carbocycles. The van der Waals surface area contributed by atoms with Crippen LogP contribution in [-0.4, -0.2) is 46.5 Å². The smallest absolute Gasteiger partial charge is 0.224 e. The topological polar surface area (TPSA) is 53.4 Å². The molecular weight excluding hydrogens is 374 g/mol. The maximum atomic E-state index is 11.7. The molecule has 0 radical (unpaired) electrons. The van der Waals surface area contributed by atoms with E-state index in [1.54, 1.807) is 0 Å². The maximum absolute atomic E-state index is 11.7. The Balaban J connectivity index is 1.49. The van der Waals surface area contributed by atoms with Crippen LogP contribution in [0.2, 0.25) is 0 Å². The SMILES string of the molecule is CCCn1c(CN2CCN(c3ccccc3)CC2)nc2cc(NC(=O)CC)ccc21. The summed E-state index contributed by atoms with van der Waals surface area (Å²) in [7, 11) is 0. The molecule has 1 aliphatic rings. The molecule has 0 unspecified atom stereocenters. The van der Waals surface area contributed by atoms with Crippen molar-refractivity contribution in [1.29, 1.82) is 0 Å². The molecule has 6 nitrogen and oxygen atoms in total. The predicted molar refractivity (Wildman–Crippen MR) is 123 cm³/mol. The molecule has 1 amide bonds. The van der Waals surface area contributed by atoms with Crippen LogP contribution in [0.1, 0.15) is 32.5 Å². The third kappa shape index (κ3) is 4.49. The van der Waals surface area contributed by atoms with Crippen molar-refractivity contribution in [2.45, 2.75) is 39.8 Å². The summed E-state index contributed by atoms with van der Waals surface area (Å²) in [6, 6.07) is 16.7. The first-order valence-corrected chi connectivity index (χ1v) is 11.0. The average Bonchev–Trinajstić information content (AvgIpc) is 3.11. The predicted octanol–water partition coefficient (Wildman–Crippen LogP) is 4.12. The molecule has 158 valence electrons. The molecule has 1 aliphatic heterocycles. The summed E-state index contributed by atoms with van der Waals surface area (Å²) < 4.78 is 2.34. The lowest BCUT2D eigenvalue weighted by molar-refractivity contribution is -0.115. The average molecular weight is 406 g/mol. The number of nitrogens with one attached hydrogen (secondary N) is 1. The number of benzene rings is 2. The van der Waals surface area contributed by atoms with Gasteiger partial charge in [0.1, 0.15) is 5.82 Å². The molecule has 30 heavy (non-hydrogen) atoms. The second-order valence-corrected chi connectivity index (χ2v) is 7.88. The number of rotatable bonds is 7. The van der Waals surface area contributed by atoms with Crippen molar-refractivity contribution in [3.63, 3.8) is 0 Å². The first kappa shape index (κ1) is 20.4. The standard InChI is InChI=1S/C24H31N5O/c1-3-12-29-22-11-10-19(25-24(30)4-2)17-21(22)26-23(29)18-27-13-15-28(16-14-27)20-8-6-5-7-9-20/h5-11,17H,3-4,12-16,18H2,1-2H3,(H,25,30). The van der Waals surface area contributed by atoms with Gasteiger partial charge >= 0.3 is 0 Å². The van der Waals surface area contributed by atoms with Crippen molar-refractivity contribution < 1.29 is 4.79 Å². The minimum atomic E-state index is 0.0267. The molecule has 4 rings (SSSR count). The summed E-state index contributed by atoms with van der Waals surface area (Å²) in [5.74, 6) is 1.14. The summed E-state index contributed by atoms with van der Waals surface area (Å²) in [5.41, 5.74) is 4.22. The van der Waals surface area contributed by atoms with Crippen molar-refractivity contribution >= 4 is 28.3 Å². The molecule has 1 fully saturated rings. The van der Waals surface area contributed by atoms with Crippen LogP contribution in [0.25, 0.3) is 11.0 Å². The largest absolute Gasteiger partial charge is 0.369 e. The molecule has 0 atom stereocenters. The second kappa shape index (κ2) is 9.30. The van der Waals surface area contributed by atoms with Crippen LogP contribution in [0.3, 0.4) is 0 Å². The molecule has 0 spiro atoms. The van der Waals surface area contributed by atoms with Crippen molar-refractivity contribution in [2.24, 2.45) is 0 Å². The van der Waals surface area contributed by atoms with Crippen LogP contribution in [-0.2, 0) is 17.9 Å². The molecule has 1 aromatic heterocycles. The highest BCUT2D eigenvalue weighted by Gasteiger charge is 2.20. The van der Waals surface area contributed by atoms with Crippen LogP contribution >= 0.6 is 0 Å². The summed E-state index contributed by atoms with van der Waals surface area (Å²) in [6.07, 6.45) is 1.54. The Bertz CT molecular complexity index is 990. The number of hydrogen-bond acceptors (Lipinski definition) is 4. The summed E-state index contributed by atoms with van der Waals surface area (Å²) >= 11 is 0. The van der Waals surface area contributed by atoms with Gasteiger partial charge in [0.05, 0.1) is 17.6 Å². The Morgan fingerprint density at radius 1 is 1.03 bits per heavy atom. The zero-order valence-electron chi connectivity index (χ0n) is 18.0. The Hall–Kier alpha value is -2.86. The van der Waals surface area contributed by atoms with Crippen LogP contribution in [0.5, 0.6) is 0 Å². The molecule has 3 aromatic rings. The van der Waals surface area contributed by atoms with Gasteiger partial charge in [-0.1, -0.05) is 32.0 Å². The van der Waals surface area contributed by atoms with Crippen molar-refractivity contribution in [1.82, 2.24) is 14.5 Å². The number of amides is 1. The van der Waals surface area contributed by atoms with Gasteiger partial charge in [-0.3, -0.25) is 9.69 Å². The van der Waals surface area contributed by atoms with Crippen LogP contribution in [0.15, 0.2) is 48.5 Å². The zero-order chi connectivity index (χ0) is 20.9. The lowest BCUT2D eigenvalue weighted by Crippen LogP contribution is -2.46. The number of carbonyl (C=O) groups excluding carboxylic acids is 1. The van der Waals surface area contributed by atoms with Gasteiger partial charge in [0.15, 0.2) is 0 Å². The highest BCUT2D eigenvalue weighted by atomic mass is 16.1. The molecule has 1 N–H and O–H groups in total. The summed E-state index contributed by atoms with van der Waals surface area (Å²) in [6.45, 7) is 9.99. The van der Waals surface area contributed by atoms with E-state index in [2.05, 4.69) is 63.0 Å². The van der Waals surface area contributed by atoms with E-state index in [0.717, 1.165) is 68.2 Å². The highest BCUT2D eigenvalue weighted by molar-refractivity contribution is 5.93. The molecule has 2 aromatic carbocycles. The molecule has 0 bridgehead atoms. The fraction of sp³-hybridized carbons (Fsp3) is 0.417. The Kier molecular flexibility index (Phi) is 6.33. The molecule has 2 heterocycles. The Labute approximate surface area is 178 Å². The third-order valence-electron chi connectivity index (χ3n) is 5.74. The number of carbonyl (C=O) groups is 1. The monoisotopic (exact) mass is 405 g/mol. The molecule has 1 saturated heterocycles. The first-order chi connectivity index (χ1) is 14.7. The van der Waals surface area contributed by atoms with E-state index in [-0.39, 0.29) is 5.91 Å². The number of aryl methyl sites for hydroxylation is 1. The Morgan fingerprint density at radius 2 is 1.80 bits per heavy atom. The van der Waals surface area contributed by atoms with E-state index in [4.69, 9.17) is 4.98 Å². The number of nitrogens with zero attached hydrogens (tertiary/aromatic N) is 4. The van der Waals surface area contributed by atoms with Crippen LogP contribution in [0.4, 0.5) is 11.4 Å². The Morgan fingerprint density at radius 3 is 2.50 bits per heavy atom. The molecule has 0 aliphatic carbocycles. The normalized spacial score (nSPS) is 14.9. The summed E-state index contributed by atoms with van der Waals surface area (Å²) in [5, 5.41) is 2.94. The number of imidazole rings is 1. The van der Waals surface area contributed by atoms with Crippen molar-refractivity contribution in [3.05, 3.63) is 54.4 Å². The molecule has 6 heteroatoms. The number of aromatic nitrogens is 2. The fourth-order valence-corrected chi connectivity index (χ4v) is 4.10. The van der Waals surface area contributed by atoms with E-state index in [9.17, 15) is 4.79 Å². The van der Waals surface area contributed by atoms with E-state index >= 15 is 0 Å². The van der Waals surface area contributed by atoms with Gasteiger partial charge in [0, 0.05) is 50.5 Å². The van der Waals surface area contributed by atoms with Gasteiger partial charge in [0.25, 0.3) is 0 Å². The number of fused-ring (bicyclic) bond motifs is 1. The van der Waals surface area contributed by atoms with Gasteiger partial charge in [0.2, 0.25) is 5.91 Å². The van der Waals surface area contributed by atoms with Gasteiger partial charge in [-0.05, 0) is 36.8 Å². The number of anilines is 2. The fourth-order valence-electron chi connectivity index (χ4n) is 4.10. The van der Waals surface area contributed by atoms with E-state index in [1.807, 2.05) is 19.1 Å². The van der Waals surface area contributed by atoms with Gasteiger partial charge in [-0.15, -0.1) is 0 Å². The van der Waals surface area contributed by atoms with Crippen LogP contribution < -0.4 is 10.2 Å². The maximum Gasteiger partial charge on any atom is 0.224 e. The van der Waals surface area contributed by atoms with Gasteiger partial charge in [-0.2, -0.15) is 0 Å². The number of hydrogen-bond donors (Lipinski definition) is 1. The van der Waals surface area contributed by atoms with E-state index < -0.39 is 0 Å². The van der Waals surface area contributed by atoms with E-state index in [1.165, 1.54) is 5.69 Å². The van der Waals surface area contributed by atoms with E-state index in [0.29, 0.717) is 6.42 Å². The first-order valence-electron chi connectivity index (χ1n) is 11.0. The number of para-hydroxylation sites is 1. The lowest BCUT2D eigenvalue weighted by Gasteiger charge is -2.36. The minimum Gasteiger partial charge on any atom is -0.369 e. The second-order valence-electron chi connectivity index (χ2n) is 7.88. The van der Waals surface area contributed by atoms with Crippen molar-refractivity contribution in [3.8, 4) is 0 Å². The quantitative estimate of drug-likeness (QED) is 0.643. The minimum absolute atomic E-state index is 0.0267. The number of piperazine rings is 1. The zero-order valence-corrected chi connectivity index (χ0v) is 18.0.